The van der Waals surface area contributed by atoms with E-state index in [1.54, 1.807) is 5.57 Å². The number of fused-ring (bicyclic) bond motifs is 6. The molecule has 0 amide bonds. The molecule has 3 aliphatic rings. The summed E-state index contributed by atoms with van der Waals surface area (Å²) in [5, 5.41) is 2.91. The summed E-state index contributed by atoms with van der Waals surface area (Å²) in [5.74, 6) is 0.901. The number of aryl methyl sites for hydroxylation is 1. The molecule has 0 radical (unpaired) electrons. The zero-order valence-corrected chi connectivity index (χ0v) is 15.8. The van der Waals surface area contributed by atoms with Crippen LogP contribution < -0.4 is 10.4 Å². The van der Waals surface area contributed by atoms with Crippen LogP contribution in [0.5, 0.6) is 0 Å². The first kappa shape index (κ1) is 15.9. The summed E-state index contributed by atoms with van der Waals surface area (Å²) < 4.78 is 0. The van der Waals surface area contributed by atoms with Gasteiger partial charge in [0, 0.05) is 11.8 Å². The van der Waals surface area contributed by atoms with Crippen molar-refractivity contribution in [1.29, 1.82) is 0 Å². The molecule has 0 heteroatoms. The highest BCUT2D eigenvalue weighted by atomic mass is 14.4. The van der Waals surface area contributed by atoms with E-state index in [9.17, 15) is 0 Å². The van der Waals surface area contributed by atoms with Gasteiger partial charge in [0.25, 0.3) is 0 Å². The van der Waals surface area contributed by atoms with Crippen molar-refractivity contribution in [3.8, 4) is 11.1 Å². The third kappa shape index (κ3) is 2.24. The van der Waals surface area contributed by atoms with Crippen LogP contribution in [0.3, 0.4) is 0 Å². The molecule has 0 fully saturated rings. The summed E-state index contributed by atoms with van der Waals surface area (Å²) in [5.41, 5.74) is 8.85. The van der Waals surface area contributed by atoms with Gasteiger partial charge in [-0.15, -0.1) is 0 Å². The van der Waals surface area contributed by atoms with Crippen molar-refractivity contribution in [2.24, 2.45) is 5.92 Å². The standard InChI is InChI=1S/C28H22/c1-2-9-19(10-3-1)22-15-8-16-25-23-13-6-7-14-24(23)27-21-12-5-4-11-20(21)17-18-26(27)28(22)25/h1-16,24,27H,17-18H2/t24-,27-/m1/s1. The lowest BCUT2D eigenvalue weighted by molar-refractivity contribution is 0.666. The Morgan fingerprint density at radius 2 is 1.57 bits per heavy atom. The monoisotopic (exact) mass is 358 g/mol. The molecule has 3 aliphatic carbocycles. The maximum Gasteiger partial charge on any atom is 0.0164 e. The molecule has 3 aromatic carbocycles. The van der Waals surface area contributed by atoms with Crippen molar-refractivity contribution in [2.45, 2.75) is 18.8 Å². The highest BCUT2D eigenvalue weighted by Gasteiger charge is 2.35. The van der Waals surface area contributed by atoms with E-state index in [1.165, 1.54) is 38.3 Å². The van der Waals surface area contributed by atoms with E-state index in [0.29, 0.717) is 11.8 Å². The van der Waals surface area contributed by atoms with Crippen LogP contribution in [0.1, 0.15) is 23.5 Å². The van der Waals surface area contributed by atoms with E-state index in [-0.39, 0.29) is 0 Å². The summed E-state index contributed by atoms with van der Waals surface area (Å²) >= 11 is 0. The molecule has 0 aromatic heterocycles. The Labute approximate surface area is 165 Å². The molecular weight excluding hydrogens is 336 g/mol. The Morgan fingerprint density at radius 3 is 2.50 bits per heavy atom. The Balaban J connectivity index is 1.76. The van der Waals surface area contributed by atoms with Crippen LogP contribution in [-0.2, 0) is 6.42 Å². The third-order valence-electron chi connectivity index (χ3n) is 6.63. The summed E-state index contributed by atoms with van der Waals surface area (Å²) in [6.45, 7) is 0. The van der Waals surface area contributed by atoms with E-state index in [1.807, 2.05) is 0 Å². The van der Waals surface area contributed by atoms with Gasteiger partial charge < -0.3 is 0 Å². The average Bonchev–Trinajstić information content (AvgIpc) is 2.79. The summed E-state index contributed by atoms with van der Waals surface area (Å²) in [7, 11) is 0. The van der Waals surface area contributed by atoms with Crippen LogP contribution >= 0.6 is 0 Å². The van der Waals surface area contributed by atoms with Crippen molar-refractivity contribution < 1.29 is 0 Å². The molecule has 0 saturated heterocycles. The summed E-state index contributed by atoms with van der Waals surface area (Å²) in [4.78, 5) is 0. The molecule has 0 spiro atoms. The smallest absolute Gasteiger partial charge is 0.0164 e. The fourth-order valence-corrected chi connectivity index (χ4v) is 5.48. The second kappa shape index (κ2) is 6.21. The van der Waals surface area contributed by atoms with Gasteiger partial charge in [0.15, 0.2) is 0 Å². The lowest BCUT2D eigenvalue weighted by Crippen LogP contribution is -2.41. The molecule has 0 N–H and O–H groups in total. The van der Waals surface area contributed by atoms with Crippen LogP contribution in [0.2, 0.25) is 0 Å². The highest BCUT2D eigenvalue weighted by Crippen LogP contribution is 2.46. The fraction of sp³-hybridized carbons (Fsp3) is 0.143. The number of allylic oxidation sites excluding steroid dienone is 4. The van der Waals surface area contributed by atoms with Crippen molar-refractivity contribution >= 4 is 11.1 Å². The summed E-state index contributed by atoms with van der Waals surface area (Å²) in [6, 6.07) is 26.8. The molecule has 0 saturated carbocycles. The number of rotatable bonds is 1. The Morgan fingerprint density at radius 1 is 0.714 bits per heavy atom. The first-order valence-corrected chi connectivity index (χ1v) is 10.3. The fourth-order valence-electron chi connectivity index (χ4n) is 5.48. The minimum absolute atomic E-state index is 0.444. The molecule has 2 atom stereocenters. The van der Waals surface area contributed by atoms with Gasteiger partial charge in [0.2, 0.25) is 0 Å². The minimum atomic E-state index is 0.444. The van der Waals surface area contributed by atoms with Crippen LogP contribution in [0, 0.1) is 5.92 Å². The molecular formula is C28H22. The van der Waals surface area contributed by atoms with E-state index < -0.39 is 0 Å². The van der Waals surface area contributed by atoms with Gasteiger partial charge in [-0.1, -0.05) is 103 Å². The van der Waals surface area contributed by atoms with E-state index >= 15 is 0 Å². The third-order valence-corrected chi connectivity index (χ3v) is 6.63. The Hall–Kier alpha value is -3.12. The van der Waals surface area contributed by atoms with Crippen LogP contribution in [0.4, 0.5) is 0 Å². The van der Waals surface area contributed by atoms with Gasteiger partial charge in [0.1, 0.15) is 0 Å². The van der Waals surface area contributed by atoms with E-state index in [4.69, 9.17) is 0 Å². The van der Waals surface area contributed by atoms with Crippen molar-refractivity contribution in [2.75, 3.05) is 0 Å². The first-order valence-electron chi connectivity index (χ1n) is 10.3. The van der Waals surface area contributed by atoms with Crippen LogP contribution in [0.15, 0.2) is 97.1 Å². The minimum Gasteiger partial charge on any atom is -0.0760 e. The number of hydrogen-bond donors (Lipinski definition) is 0. The van der Waals surface area contributed by atoms with E-state index in [0.717, 1.165) is 12.8 Å². The van der Waals surface area contributed by atoms with Crippen molar-refractivity contribution in [3.05, 3.63) is 119 Å². The van der Waals surface area contributed by atoms with Gasteiger partial charge in [-0.05, 0) is 51.1 Å². The molecule has 134 valence electrons. The van der Waals surface area contributed by atoms with Crippen LogP contribution in [-0.4, -0.2) is 0 Å². The average molecular weight is 358 g/mol. The van der Waals surface area contributed by atoms with Crippen molar-refractivity contribution in [1.82, 2.24) is 0 Å². The SMILES string of the molecule is C1=CC2=c3cccc(-c4ccccc4)c3=C3CCc4ccccc4[C@@H]3[C@@H]2C=C1. The Bertz CT molecular complexity index is 1250. The molecule has 0 aliphatic heterocycles. The maximum absolute atomic E-state index is 2.42. The largest absolute Gasteiger partial charge is 0.0760 e. The second-order valence-corrected chi connectivity index (χ2v) is 8.02. The van der Waals surface area contributed by atoms with Crippen molar-refractivity contribution in [3.63, 3.8) is 0 Å². The second-order valence-electron chi connectivity index (χ2n) is 8.02. The highest BCUT2D eigenvalue weighted by molar-refractivity contribution is 5.80. The van der Waals surface area contributed by atoms with Gasteiger partial charge in [-0.2, -0.15) is 0 Å². The lowest BCUT2D eigenvalue weighted by atomic mass is 9.65. The molecule has 3 aromatic rings. The topological polar surface area (TPSA) is 0 Å². The lowest BCUT2D eigenvalue weighted by Gasteiger charge is -2.38. The van der Waals surface area contributed by atoms with Gasteiger partial charge in [0.05, 0.1) is 0 Å². The first-order chi connectivity index (χ1) is 13.9. The zero-order chi connectivity index (χ0) is 18.5. The molecule has 0 nitrogen and oxygen atoms in total. The Kier molecular flexibility index (Phi) is 3.52. The molecule has 28 heavy (non-hydrogen) atoms. The predicted octanol–water partition coefficient (Wildman–Crippen LogP) is 5.14. The zero-order valence-electron chi connectivity index (χ0n) is 15.8. The quantitative estimate of drug-likeness (QED) is 0.565. The van der Waals surface area contributed by atoms with Crippen LogP contribution in [0.25, 0.3) is 22.3 Å². The molecule has 0 heterocycles. The van der Waals surface area contributed by atoms with Gasteiger partial charge >= 0.3 is 0 Å². The number of benzene rings is 3. The number of hydrogen-bond acceptors (Lipinski definition) is 0. The van der Waals surface area contributed by atoms with E-state index in [2.05, 4.69) is 97.1 Å². The predicted molar refractivity (Wildman–Crippen MR) is 117 cm³/mol. The normalized spacial score (nSPS) is 21.6. The summed E-state index contributed by atoms with van der Waals surface area (Å²) in [6.07, 6.45) is 11.5. The molecule has 0 unspecified atom stereocenters. The van der Waals surface area contributed by atoms with Gasteiger partial charge in [-0.25, -0.2) is 0 Å². The maximum atomic E-state index is 2.42. The molecule has 0 bridgehead atoms. The molecule has 6 rings (SSSR count). The van der Waals surface area contributed by atoms with Gasteiger partial charge in [-0.3, -0.25) is 0 Å².